The number of rotatable bonds is 5. The minimum absolute atomic E-state index is 0.137. The van der Waals surface area contributed by atoms with E-state index in [0.717, 1.165) is 44.0 Å². The fourth-order valence-corrected chi connectivity index (χ4v) is 3.01. The summed E-state index contributed by atoms with van der Waals surface area (Å²) in [6, 6.07) is 15.0. The summed E-state index contributed by atoms with van der Waals surface area (Å²) in [5.74, 6) is 0.750. The molecule has 0 bridgehead atoms. The van der Waals surface area contributed by atoms with E-state index >= 15 is 0 Å². The van der Waals surface area contributed by atoms with E-state index in [1.165, 1.54) is 6.07 Å². The molecule has 0 aliphatic carbocycles. The molecule has 2 aromatic carbocycles. The molecule has 2 aromatic rings. The molecule has 0 unspecified atom stereocenters. The van der Waals surface area contributed by atoms with Crippen LogP contribution in [0.25, 0.3) is 6.08 Å². The van der Waals surface area contributed by atoms with Crippen molar-refractivity contribution in [2.75, 3.05) is 44.7 Å². The van der Waals surface area contributed by atoms with Gasteiger partial charge in [-0.15, -0.1) is 0 Å². The number of nitrogens with zero attached hydrogens (tertiary/aromatic N) is 2. The maximum atomic E-state index is 13.9. The third-order valence-electron chi connectivity index (χ3n) is 4.37. The molecule has 0 aromatic heterocycles. The molecule has 4 heteroatoms. The first kappa shape index (κ1) is 16.5. The van der Waals surface area contributed by atoms with Crippen LogP contribution in [0.1, 0.15) is 5.56 Å². The maximum Gasteiger partial charge on any atom is 0.146 e. The van der Waals surface area contributed by atoms with E-state index in [-0.39, 0.29) is 5.82 Å². The summed E-state index contributed by atoms with van der Waals surface area (Å²) in [4.78, 5) is 4.50. The number of halogens is 1. The summed E-state index contributed by atoms with van der Waals surface area (Å²) in [5, 5.41) is 0. The number of benzene rings is 2. The topological polar surface area (TPSA) is 15.7 Å². The molecule has 1 aliphatic heterocycles. The number of methoxy groups -OCH3 is 1. The molecule has 0 radical (unpaired) electrons. The van der Waals surface area contributed by atoms with Gasteiger partial charge in [0.05, 0.1) is 12.8 Å². The Morgan fingerprint density at radius 1 is 1.00 bits per heavy atom. The van der Waals surface area contributed by atoms with Crippen molar-refractivity contribution in [2.24, 2.45) is 0 Å². The molecule has 24 heavy (non-hydrogen) atoms. The predicted molar refractivity (Wildman–Crippen MR) is 97.1 cm³/mol. The highest BCUT2D eigenvalue weighted by Crippen LogP contribution is 2.21. The zero-order valence-corrected chi connectivity index (χ0v) is 14.0. The fourth-order valence-electron chi connectivity index (χ4n) is 3.01. The van der Waals surface area contributed by atoms with Gasteiger partial charge in [0.2, 0.25) is 0 Å². The summed E-state index contributed by atoms with van der Waals surface area (Å²) in [7, 11) is 1.69. The van der Waals surface area contributed by atoms with Crippen LogP contribution in [0.5, 0.6) is 5.75 Å². The molecule has 3 nitrogen and oxygen atoms in total. The normalized spacial score (nSPS) is 15.8. The first-order valence-electron chi connectivity index (χ1n) is 8.29. The Hall–Kier alpha value is -2.33. The molecule has 1 aliphatic rings. The van der Waals surface area contributed by atoms with E-state index in [4.69, 9.17) is 4.74 Å². The molecule has 1 fully saturated rings. The van der Waals surface area contributed by atoms with Crippen molar-refractivity contribution in [1.82, 2.24) is 4.90 Å². The van der Waals surface area contributed by atoms with Crippen molar-refractivity contribution in [2.45, 2.75) is 0 Å². The first-order valence-corrected chi connectivity index (χ1v) is 8.29. The summed E-state index contributed by atoms with van der Waals surface area (Å²) in [6.07, 6.45) is 4.26. The van der Waals surface area contributed by atoms with E-state index in [0.29, 0.717) is 5.69 Å². The van der Waals surface area contributed by atoms with Gasteiger partial charge in [0, 0.05) is 38.3 Å². The van der Waals surface area contributed by atoms with E-state index in [9.17, 15) is 4.39 Å². The van der Waals surface area contributed by atoms with Gasteiger partial charge in [-0.2, -0.15) is 0 Å². The second-order valence-electron chi connectivity index (χ2n) is 5.88. The van der Waals surface area contributed by atoms with E-state index < -0.39 is 0 Å². The summed E-state index contributed by atoms with van der Waals surface area (Å²) in [6.45, 7) is 4.46. The Morgan fingerprint density at radius 2 is 1.71 bits per heavy atom. The summed E-state index contributed by atoms with van der Waals surface area (Å²) < 4.78 is 19.2. The Bertz CT molecular complexity index is 694. The maximum absolute atomic E-state index is 13.9. The van der Waals surface area contributed by atoms with Gasteiger partial charge in [-0.25, -0.2) is 4.39 Å². The molecule has 0 spiro atoms. The van der Waals surface area contributed by atoms with E-state index in [1.54, 1.807) is 13.2 Å². The van der Waals surface area contributed by atoms with Crippen LogP contribution in [0.15, 0.2) is 54.6 Å². The zero-order valence-electron chi connectivity index (χ0n) is 14.0. The largest absolute Gasteiger partial charge is 0.496 e. The van der Waals surface area contributed by atoms with Crippen LogP contribution >= 0.6 is 0 Å². The van der Waals surface area contributed by atoms with Crippen LogP contribution in [-0.4, -0.2) is 44.7 Å². The molecule has 0 atom stereocenters. The molecule has 0 amide bonds. The van der Waals surface area contributed by atoms with Crippen LogP contribution in [0.3, 0.4) is 0 Å². The van der Waals surface area contributed by atoms with Crippen molar-refractivity contribution in [3.63, 3.8) is 0 Å². The summed E-state index contributed by atoms with van der Waals surface area (Å²) in [5.41, 5.74) is 1.80. The van der Waals surface area contributed by atoms with Crippen molar-refractivity contribution in [3.05, 3.63) is 66.0 Å². The molecule has 126 valence electrons. The molecule has 1 heterocycles. The third kappa shape index (κ3) is 3.95. The summed E-state index contributed by atoms with van der Waals surface area (Å²) >= 11 is 0. The van der Waals surface area contributed by atoms with Crippen LogP contribution in [-0.2, 0) is 0 Å². The SMILES string of the molecule is COc1ccccc1/C=C\CN1CCN(c2ccccc2F)CC1. The molecule has 0 N–H and O–H groups in total. The molecule has 1 saturated heterocycles. The minimum atomic E-state index is -0.137. The third-order valence-corrected chi connectivity index (χ3v) is 4.37. The first-order chi connectivity index (χ1) is 11.8. The van der Waals surface area contributed by atoms with E-state index in [1.807, 2.05) is 36.4 Å². The average molecular weight is 326 g/mol. The van der Waals surface area contributed by atoms with Gasteiger partial charge in [0.1, 0.15) is 11.6 Å². The highest BCUT2D eigenvalue weighted by atomic mass is 19.1. The van der Waals surface area contributed by atoms with Gasteiger partial charge < -0.3 is 9.64 Å². The second kappa shape index (κ2) is 7.97. The Morgan fingerprint density at radius 3 is 2.46 bits per heavy atom. The van der Waals surface area contributed by atoms with Gasteiger partial charge in [-0.1, -0.05) is 42.5 Å². The van der Waals surface area contributed by atoms with Crippen molar-refractivity contribution >= 4 is 11.8 Å². The lowest BCUT2D eigenvalue weighted by molar-refractivity contribution is 0.283. The average Bonchev–Trinajstić information content (AvgIpc) is 2.63. The number of hydrogen-bond acceptors (Lipinski definition) is 3. The van der Waals surface area contributed by atoms with Gasteiger partial charge in [-0.3, -0.25) is 4.90 Å². The number of anilines is 1. The van der Waals surface area contributed by atoms with Crippen LogP contribution in [0.4, 0.5) is 10.1 Å². The minimum Gasteiger partial charge on any atom is -0.496 e. The Kier molecular flexibility index (Phi) is 5.49. The zero-order chi connectivity index (χ0) is 16.8. The van der Waals surface area contributed by atoms with Gasteiger partial charge >= 0.3 is 0 Å². The smallest absolute Gasteiger partial charge is 0.146 e. The highest BCUT2D eigenvalue weighted by Gasteiger charge is 2.18. The monoisotopic (exact) mass is 326 g/mol. The fraction of sp³-hybridized carbons (Fsp3) is 0.300. The standard InChI is InChI=1S/C20H23FN2O/c1-24-20-11-5-2-7-17(20)8-6-12-22-13-15-23(16-14-22)19-10-4-3-9-18(19)21/h2-11H,12-16H2,1H3/b8-6-. The number of hydrogen-bond donors (Lipinski definition) is 0. The van der Waals surface area contributed by atoms with E-state index in [2.05, 4.69) is 22.0 Å². The molecule has 0 saturated carbocycles. The van der Waals surface area contributed by atoms with Crippen molar-refractivity contribution in [3.8, 4) is 5.75 Å². The van der Waals surface area contributed by atoms with Crippen LogP contribution < -0.4 is 9.64 Å². The van der Waals surface area contributed by atoms with Crippen molar-refractivity contribution < 1.29 is 9.13 Å². The van der Waals surface area contributed by atoms with Crippen LogP contribution in [0.2, 0.25) is 0 Å². The second-order valence-corrected chi connectivity index (χ2v) is 5.88. The highest BCUT2D eigenvalue weighted by molar-refractivity contribution is 5.57. The van der Waals surface area contributed by atoms with Gasteiger partial charge in [-0.05, 0) is 18.2 Å². The lowest BCUT2D eigenvalue weighted by atomic mass is 10.2. The molecule has 3 rings (SSSR count). The van der Waals surface area contributed by atoms with Crippen molar-refractivity contribution in [1.29, 1.82) is 0 Å². The molecular formula is C20H23FN2O. The molecular weight excluding hydrogens is 303 g/mol. The van der Waals surface area contributed by atoms with Crippen LogP contribution in [0, 0.1) is 5.82 Å². The lowest BCUT2D eigenvalue weighted by Gasteiger charge is -2.35. The number of para-hydroxylation sites is 2. The lowest BCUT2D eigenvalue weighted by Crippen LogP contribution is -2.46. The quantitative estimate of drug-likeness (QED) is 0.834. The van der Waals surface area contributed by atoms with Gasteiger partial charge in [0.25, 0.3) is 0 Å². The Balaban J connectivity index is 1.52. The number of ether oxygens (including phenoxy) is 1. The predicted octanol–water partition coefficient (Wildman–Crippen LogP) is 3.67. The number of piperazine rings is 1. The van der Waals surface area contributed by atoms with Gasteiger partial charge in [0.15, 0.2) is 0 Å². The Labute approximate surface area is 143 Å².